The van der Waals surface area contributed by atoms with Crippen LogP contribution < -0.4 is 11.5 Å². The zero-order chi connectivity index (χ0) is 14.8. The van der Waals surface area contributed by atoms with E-state index in [0.717, 1.165) is 16.7 Å². The van der Waals surface area contributed by atoms with Gasteiger partial charge in [-0.1, -0.05) is 54.6 Å². The summed E-state index contributed by atoms with van der Waals surface area (Å²) in [6, 6.07) is 20.6. The molecule has 0 aliphatic heterocycles. The lowest BCUT2D eigenvalue weighted by Crippen LogP contribution is -1.97. The lowest BCUT2D eigenvalue weighted by atomic mass is 9.99. The van der Waals surface area contributed by atoms with E-state index in [0.29, 0.717) is 11.3 Å². The van der Waals surface area contributed by atoms with Crippen LogP contribution in [0, 0.1) is 5.82 Å². The van der Waals surface area contributed by atoms with Crippen LogP contribution in [-0.2, 0) is 0 Å². The molecular weight excluding hydrogens is 263 g/mol. The molecule has 3 aromatic rings. The molecular formula is C18H15FN2. The summed E-state index contributed by atoms with van der Waals surface area (Å²) in [5, 5.41) is 0. The van der Waals surface area contributed by atoms with Crippen LogP contribution in [0.4, 0.5) is 15.8 Å². The van der Waals surface area contributed by atoms with E-state index in [4.69, 9.17) is 11.5 Å². The summed E-state index contributed by atoms with van der Waals surface area (Å²) in [7, 11) is 0. The zero-order valence-corrected chi connectivity index (χ0v) is 11.4. The third-order valence-corrected chi connectivity index (χ3v) is 3.48. The summed E-state index contributed by atoms with van der Waals surface area (Å²) < 4.78 is 14.0. The largest absolute Gasteiger partial charge is 0.397 e. The van der Waals surface area contributed by atoms with Gasteiger partial charge in [0, 0.05) is 5.56 Å². The van der Waals surface area contributed by atoms with Crippen molar-refractivity contribution < 1.29 is 4.39 Å². The van der Waals surface area contributed by atoms with Crippen molar-refractivity contribution in [2.45, 2.75) is 0 Å². The molecule has 0 spiro atoms. The Morgan fingerprint density at radius 3 is 1.81 bits per heavy atom. The summed E-state index contributed by atoms with van der Waals surface area (Å²) in [5.74, 6) is -0.367. The molecule has 0 heterocycles. The van der Waals surface area contributed by atoms with Gasteiger partial charge in [0.2, 0.25) is 0 Å². The second-order valence-electron chi connectivity index (χ2n) is 4.90. The van der Waals surface area contributed by atoms with Crippen LogP contribution in [0.1, 0.15) is 0 Å². The Morgan fingerprint density at radius 1 is 0.619 bits per heavy atom. The minimum atomic E-state index is -0.367. The Bertz CT molecular complexity index is 765. The van der Waals surface area contributed by atoms with Crippen LogP contribution in [0.25, 0.3) is 22.3 Å². The molecule has 0 radical (unpaired) electrons. The predicted octanol–water partition coefficient (Wildman–Crippen LogP) is 4.32. The van der Waals surface area contributed by atoms with Gasteiger partial charge >= 0.3 is 0 Å². The van der Waals surface area contributed by atoms with Gasteiger partial charge in [-0.05, 0) is 28.8 Å². The lowest BCUT2D eigenvalue weighted by Gasteiger charge is -2.08. The Hall–Kier alpha value is -2.81. The van der Waals surface area contributed by atoms with Crippen LogP contribution in [-0.4, -0.2) is 0 Å². The van der Waals surface area contributed by atoms with Gasteiger partial charge in [0.05, 0.1) is 11.4 Å². The first kappa shape index (κ1) is 13.2. The molecule has 3 aromatic carbocycles. The van der Waals surface area contributed by atoms with E-state index >= 15 is 0 Å². The summed E-state index contributed by atoms with van der Waals surface area (Å²) >= 11 is 0. The van der Waals surface area contributed by atoms with Crippen molar-refractivity contribution >= 4 is 11.4 Å². The van der Waals surface area contributed by atoms with Gasteiger partial charge in [-0.15, -0.1) is 0 Å². The molecule has 0 aliphatic rings. The average Bonchev–Trinajstić information content (AvgIpc) is 2.52. The van der Waals surface area contributed by atoms with Gasteiger partial charge in [-0.2, -0.15) is 0 Å². The summed E-state index contributed by atoms with van der Waals surface area (Å²) in [5.41, 5.74) is 15.5. The first-order valence-corrected chi connectivity index (χ1v) is 6.65. The first-order valence-electron chi connectivity index (χ1n) is 6.65. The monoisotopic (exact) mass is 278 g/mol. The van der Waals surface area contributed by atoms with E-state index in [1.807, 2.05) is 54.6 Å². The Balaban J connectivity index is 2.00. The van der Waals surface area contributed by atoms with Crippen molar-refractivity contribution in [2.24, 2.45) is 0 Å². The number of nitrogens with two attached hydrogens (primary N) is 2. The van der Waals surface area contributed by atoms with E-state index in [9.17, 15) is 4.39 Å². The molecule has 0 amide bonds. The Morgan fingerprint density at radius 2 is 1.14 bits per heavy atom. The number of benzene rings is 3. The molecule has 0 atom stereocenters. The molecule has 4 N–H and O–H groups in total. The molecule has 0 unspecified atom stereocenters. The minimum absolute atomic E-state index is 0.261. The fourth-order valence-corrected chi connectivity index (χ4v) is 2.30. The highest BCUT2D eigenvalue weighted by molar-refractivity contribution is 5.76. The van der Waals surface area contributed by atoms with Gasteiger partial charge < -0.3 is 11.5 Å². The van der Waals surface area contributed by atoms with Gasteiger partial charge in [-0.3, -0.25) is 0 Å². The third-order valence-electron chi connectivity index (χ3n) is 3.48. The van der Waals surface area contributed by atoms with E-state index in [-0.39, 0.29) is 11.5 Å². The highest BCUT2D eigenvalue weighted by Crippen LogP contribution is 2.30. The van der Waals surface area contributed by atoms with Crippen LogP contribution in [0.15, 0.2) is 66.7 Å². The quantitative estimate of drug-likeness (QED) is 0.686. The van der Waals surface area contributed by atoms with Crippen LogP contribution in [0.5, 0.6) is 0 Å². The number of nitrogen functional groups attached to an aromatic ring is 2. The molecule has 3 heteroatoms. The fourth-order valence-electron chi connectivity index (χ4n) is 2.30. The van der Waals surface area contributed by atoms with Crippen LogP contribution in [0.3, 0.4) is 0 Å². The average molecular weight is 278 g/mol. The normalized spacial score (nSPS) is 10.5. The molecule has 0 saturated carbocycles. The molecule has 2 nitrogen and oxygen atoms in total. The first-order chi connectivity index (χ1) is 10.1. The number of halogens is 1. The number of hydrogen-bond acceptors (Lipinski definition) is 2. The van der Waals surface area contributed by atoms with Crippen LogP contribution in [0.2, 0.25) is 0 Å². The summed E-state index contributed by atoms with van der Waals surface area (Å²) in [4.78, 5) is 0. The van der Waals surface area contributed by atoms with Gasteiger partial charge in [0.1, 0.15) is 5.82 Å². The van der Waals surface area contributed by atoms with E-state index < -0.39 is 0 Å². The van der Waals surface area contributed by atoms with Crippen molar-refractivity contribution in [3.63, 3.8) is 0 Å². The fraction of sp³-hybridized carbons (Fsp3) is 0. The van der Waals surface area contributed by atoms with Gasteiger partial charge in [0.25, 0.3) is 0 Å². The van der Waals surface area contributed by atoms with Crippen molar-refractivity contribution in [3.8, 4) is 22.3 Å². The molecule has 0 fully saturated rings. The summed E-state index contributed by atoms with van der Waals surface area (Å²) in [6.07, 6.45) is 0. The molecule has 0 aromatic heterocycles. The van der Waals surface area contributed by atoms with Gasteiger partial charge in [0.15, 0.2) is 0 Å². The molecule has 0 aliphatic carbocycles. The third kappa shape index (κ3) is 2.58. The maximum absolute atomic E-state index is 14.0. The highest BCUT2D eigenvalue weighted by Gasteiger charge is 2.08. The van der Waals surface area contributed by atoms with E-state index in [1.54, 1.807) is 6.07 Å². The van der Waals surface area contributed by atoms with Crippen molar-refractivity contribution in [1.82, 2.24) is 0 Å². The summed E-state index contributed by atoms with van der Waals surface area (Å²) in [6.45, 7) is 0. The maximum atomic E-state index is 14.0. The molecule has 0 saturated heterocycles. The molecule has 21 heavy (non-hydrogen) atoms. The topological polar surface area (TPSA) is 52.0 Å². The van der Waals surface area contributed by atoms with Crippen molar-refractivity contribution in [3.05, 3.63) is 72.5 Å². The van der Waals surface area contributed by atoms with Crippen molar-refractivity contribution in [1.29, 1.82) is 0 Å². The molecule has 0 bridgehead atoms. The second-order valence-corrected chi connectivity index (χ2v) is 4.90. The lowest BCUT2D eigenvalue weighted by molar-refractivity contribution is 0.632. The predicted molar refractivity (Wildman–Crippen MR) is 86.1 cm³/mol. The Labute approximate surface area is 122 Å². The van der Waals surface area contributed by atoms with Gasteiger partial charge in [-0.25, -0.2) is 4.39 Å². The Kier molecular flexibility index (Phi) is 3.32. The van der Waals surface area contributed by atoms with Crippen molar-refractivity contribution in [2.75, 3.05) is 11.5 Å². The smallest absolute Gasteiger partial charge is 0.133 e. The highest BCUT2D eigenvalue weighted by atomic mass is 19.1. The second kappa shape index (κ2) is 5.29. The standard InChI is InChI=1S/C18H15FN2/c19-16-11-18(21)17(20)10-15(16)14-8-6-13(7-9-14)12-4-2-1-3-5-12/h1-11H,20-21H2. The van der Waals surface area contributed by atoms with E-state index in [1.165, 1.54) is 6.07 Å². The number of anilines is 2. The SMILES string of the molecule is Nc1cc(F)c(-c2ccc(-c3ccccc3)cc2)cc1N. The zero-order valence-electron chi connectivity index (χ0n) is 11.4. The van der Waals surface area contributed by atoms with E-state index in [2.05, 4.69) is 0 Å². The molecule has 104 valence electrons. The van der Waals surface area contributed by atoms with Crippen LogP contribution >= 0.6 is 0 Å². The molecule has 3 rings (SSSR count). The number of rotatable bonds is 2. The number of hydrogen-bond donors (Lipinski definition) is 2. The minimum Gasteiger partial charge on any atom is -0.397 e. The maximum Gasteiger partial charge on any atom is 0.133 e.